The molecule has 1 saturated heterocycles. The Bertz CT molecular complexity index is 746. The number of nitrogens with two attached hydrogens (primary N) is 1. The molecule has 0 saturated carbocycles. The number of nitrogens with zero attached hydrogens (tertiary/aromatic N) is 2. The zero-order valence-electron chi connectivity index (χ0n) is 15.5. The molecule has 6 nitrogen and oxygen atoms in total. The van der Waals surface area contributed by atoms with E-state index in [2.05, 4.69) is 10.3 Å². The number of hydrogen-bond donors (Lipinski definition) is 2. The van der Waals surface area contributed by atoms with Gasteiger partial charge < -0.3 is 16.0 Å². The lowest BCUT2D eigenvalue weighted by Gasteiger charge is -2.24. The maximum absolute atomic E-state index is 13.0. The number of halogens is 2. The van der Waals surface area contributed by atoms with Crippen LogP contribution in [0.5, 0.6) is 0 Å². The van der Waals surface area contributed by atoms with E-state index in [1.54, 1.807) is 36.7 Å². The Balaban J connectivity index is 0.00000196. The molecule has 1 aromatic carbocycles. The van der Waals surface area contributed by atoms with Crippen LogP contribution in [0, 0.1) is 5.92 Å². The van der Waals surface area contributed by atoms with Crippen LogP contribution in [0.25, 0.3) is 0 Å². The summed E-state index contributed by atoms with van der Waals surface area (Å²) in [7, 11) is 0. The van der Waals surface area contributed by atoms with Crippen molar-refractivity contribution in [3.05, 3.63) is 66.0 Å². The molecule has 0 bridgehead atoms. The van der Waals surface area contributed by atoms with Gasteiger partial charge in [-0.25, -0.2) is 0 Å². The average Bonchev–Trinajstić information content (AvgIpc) is 3.17. The summed E-state index contributed by atoms with van der Waals surface area (Å²) in [6, 6.07) is 12.1. The van der Waals surface area contributed by atoms with E-state index in [9.17, 15) is 9.59 Å². The van der Waals surface area contributed by atoms with Crippen molar-refractivity contribution in [3.63, 3.8) is 0 Å². The van der Waals surface area contributed by atoms with Crippen molar-refractivity contribution in [2.24, 2.45) is 11.7 Å². The molecule has 28 heavy (non-hydrogen) atoms. The van der Waals surface area contributed by atoms with Crippen LogP contribution in [-0.4, -0.2) is 47.4 Å². The first kappa shape index (κ1) is 23.9. The van der Waals surface area contributed by atoms with Crippen molar-refractivity contribution in [2.75, 3.05) is 19.6 Å². The number of amides is 2. The van der Waals surface area contributed by atoms with Gasteiger partial charge in [0.25, 0.3) is 5.91 Å². The predicted molar refractivity (Wildman–Crippen MR) is 114 cm³/mol. The number of likely N-dealkylation sites (tertiary alicyclic amines) is 1. The Hall–Kier alpha value is -2.15. The molecule has 3 rings (SSSR count). The Labute approximate surface area is 177 Å². The van der Waals surface area contributed by atoms with Gasteiger partial charge in [0.05, 0.1) is 0 Å². The number of rotatable bonds is 6. The highest BCUT2D eigenvalue weighted by molar-refractivity contribution is 5.97. The highest BCUT2D eigenvalue weighted by atomic mass is 35.5. The molecule has 2 unspecified atom stereocenters. The maximum atomic E-state index is 13.0. The van der Waals surface area contributed by atoms with E-state index in [1.165, 1.54) is 0 Å². The van der Waals surface area contributed by atoms with Crippen LogP contribution in [-0.2, 0) is 11.2 Å². The van der Waals surface area contributed by atoms with Gasteiger partial charge in [-0.15, -0.1) is 24.8 Å². The summed E-state index contributed by atoms with van der Waals surface area (Å²) in [5, 5.41) is 2.90. The van der Waals surface area contributed by atoms with Gasteiger partial charge in [-0.05, 0) is 42.6 Å². The summed E-state index contributed by atoms with van der Waals surface area (Å²) in [6.45, 7) is 1.92. The lowest BCUT2D eigenvalue weighted by atomic mass is 10.1. The standard InChI is InChI=1S/C20H24N4O2.2ClH/c21-12-16-8-10-24(14-16)20(26)18(11-15-5-4-9-22-13-15)23-19(25)17-6-2-1-3-7-17;;/h1-7,9,13,16,18H,8,10-12,14,21H2,(H,23,25);2*1H. The summed E-state index contributed by atoms with van der Waals surface area (Å²) in [5.74, 6) is 0.0271. The van der Waals surface area contributed by atoms with Crippen molar-refractivity contribution in [1.29, 1.82) is 0 Å². The molecule has 1 aliphatic rings. The van der Waals surface area contributed by atoms with Crippen LogP contribution < -0.4 is 11.1 Å². The minimum absolute atomic E-state index is 0. The Kier molecular flexibility index (Phi) is 9.93. The topological polar surface area (TPSA) is 88.3 Å². The second kappa shape index (κ2) is 11.6. The fourth-order valence-electron chi connectivity index (χ4n) is 3.23. The third-order valence-electron chi connectivity index (χ3n) is 4.73. The quantitative estimate of drug-likeness (QED) is 0.742. The van der Waals surface area contributed by atoms with Gasteiger partial charge in [0, 0.05) is 37.5 Å². The summed E-state index contributed by atoms with van der Waals surface area (Å²) >= 11 is 0. The van der Waals surface area contributed by atoms with Gasteiger partial charge in [0.2, 0.25) is 5.91 Å². The van der Waals surface area contributed by atoms with Crippen LogP contribution in [0.2, 0.25) is 0 Å². The van der Waals surface area contributed by atoms with Crippen molar-refractivity contribution >= 4 is 36.6 Å². The van der Waals surface area contributed by atoms with Gasteiger partial charge in [0.1, 0.15) is 6.04 Å². The van der Waals surface area contributed by atoms with Gasteiger partial charge in [-0.3, -0.25) is 14.6 Å². The summed E-state index contributed by atoms with van der Waals surface area (Å²) in [6.07, 6.45) is 4.74. The minimum Gasteiger partial charge on any atom is -0.341 e. The highest BCUT2D eigenvalue weighted by Gasteiger charge is 2.31. The summed E-state index contributed by atoms with van der Waals surface area (Å²) in [5.41, 5.74) is 7.19. The number of benzene rings is 1. The first-order valence-corrected chi connectivity index (χ1v) is 8.91. The maximum Gasteiger partial charge on any atom is 0.251 e. The molecule has 8 heteroatoms. The van der Waals surface area contributed by atoms with Crippen molar-refractivity contribution in [3.8, 4) is 0 Å². The normalized spacial score (nSPS) is 16.5. The second-order valence-corrected chi connectivity index (χ2v) is 6.63. The number of nitrogens with one attached hydrogen (secondary N) is 1. The molecule has 2 heterocycles. The molecular formula is C20H26Cl2N4O2. The molecule has 0 aliphatic carbocycles. The lowest BCUT2D eigenvalue weighted by Crippen LogP contribution is -2.49. The molecule has 1 fully saturated rings. The number of carbonyl (C=O) groups excluding carboxylic acids is 2. The fraction of sp³-hybridized carbons (Fsp3) is 0.350. The van der Waals surface area contributed by atoms with E-state index in [4.69, 9.17) is 5.73 Å². The first-order chi connectivity index (χ1) is 12.7. The SMILES string of the molecule is Cl.Cl.NCC1CCN(C(=O)C(Cc2cccnc2)NC(=O)c2ccccc2)C1. The molecule has 2 atom stereocenters. The molecule has 2 amide bonds. The minimum atomic E-state index is -0.622. The Morgan fingerprint density at radius 2 is 1.93 bits per heavy atom. The molecule has 1 aromatic heterocycles. The van der Waals surface area contributed by atoms with Crippen LogP contribution in [0.4, 0.5) is 0 Å². The Morgan fingerprint density at radius 3 is 2.54 bits per heavy atom. The fourth-order valence-corrected chi connectivity index (χ4v) is 3.23. The largest absolute Gasteiger partial charge is 0.341 e. The van der Waals surface area contributed by atoms with E-state index < -0.39 is 6.04 Å². The second-order valence-electron chi connectivity index (χ2n) is 6.63. The van der Waals surface area contributed by atoms with Crippen molar-refractivity contribution in [1.82, 2.24) is 15.2 Å². The number of hydrogen-bond acceptors (Lipinski definition) is 4. The van der Waals surface area contributed by atoms with Crippen molar-refractivity contribution < 1.29 is 9.59 Å². The number of carbonyl (C=O) groups is 2. The molecule has 0 spiro atoms. The van der Waals surface area contributed by atoms with Gasteiger partial charge in [-0.1, -0.05) is 24.3 Å². The molecular weight excluding hydrogens is 399 g/mol. The van der Waals surface area contributed by atoms with Gasteiger partial charge >= 0.3 is 0 Å². The highest BCUT2D eigenvalue weighted by Crippen LogP contribution is 2.17. The lowest BCUT2D eigenvalue weighted by molar-refractivity contribution is -0.132. The van der Waals surface area contributed by atoms with E-state index in [0.29, 0.717) is 37.5 Å². The number of aromatic nitrogens is 1. The van der Waals surface area contributed by atoms with Crippen LogP contribution in [0.3, 0.4) is 0 Å². The van der Waals surface area contributed by atoms with E-state index >= 15 is 0 Å². The van der Waals surface area contributed by atoms with Gasteiger partial charge in [-0.2, -0.15) is 0 Å². The summed E-state index contributed by atoms with van der Waals surface area (Å²) in [4.78, 5) is 31.5. The van der Waals surface area contributed by atoms with Crippen molar-refractivity contribution in [2.45, 2.75) is 18.9 Å². The number of pyridine rings is 1. The molecule has 0 radical (unpaired) electrons. The zero-order valence-corrected chi connectivity index (χ0v) is 17.1. The third-order valence-corrected chi connectivity index (χ3v) is 4.73. The smallest absolute Gasteiger partial charge is 0.251 e. The average molecular weight is 425 g/mol. The third kappa shape index (κ3) is 6.19. The molecule has 152 valence electrons. The summed E-state index contributed by atoms with van der Waals surface area (Å²) < 4.78 is 0. The van der Waals surface area contributed by atoms with E-state index in [0.717, 1.165) is 12.0 Å². The van der Waals surface area contributed by atoms with E-state index in [-0.39, 0.29) is 36.6 Å². The predicted octanol–water partition coefficient (Wildman–Crippen LogP) is 2.07. The molecule has 2 aromatic rings. The molecule has 1 aliphatic heterocycles. The Morgan fingerprint density at radius 1 is 1.18 bits per heavy atom. The monoisotopic (exact) mass is 424 g/mol. The van der Waals surface area contributed by atoms with Crippen LogP contribution >= 0.6 is 24.8 Å². The van der Waals surface area contributed by atoms with Crippen LogP contribution in [0.1, 0.15) is 22.3 Å². The van der Waals surface area contributed by atoms with Crippen LogP contribution in [0.15, 0.2) is 54.9 Å². The zero-order chi connectivity index (χ0) is 18.4. The first-order valence-electron chi connectivity index (χ1n) is 8.91. The molecule has 3 N–H and O–H groups in total. The van der Waals surface area contributed by atoms with E-state index in [1.807, 2.05) is 23.1 Å². The van der Waals surface area contributed by atoms with Gasteiger partial charge in [0.15, 0.2) is 0 Å².